The maximum Gasteiger partial charge on any atom is 0.411 e. The summed E-state index contributed by atoms with van der Waals surface area (Å²) in [6, 6.07) is 2.63. The van der Waals surface area contributed by atoms with Gasteiger partial charge in [0.25, 0.3) is 0 Å². The molecule has 1 rings (SSSR count). The highest BCUT2D eigenvalue weighted by Gasteiger charge is 2.50. The summed E-state index contributed by atoms with van der Waals surface area (Å²) < 4.78 is 59.5. The minimum atomic E-state index is -4.89. The predicted octanol–water partition coefficient (Wildman–Crippen LogP) is 3.48. The normalized spacial score (nSPS) is 15.1. The first-order chi connectivity index (χ1) is 7.16. The number of hydrogen-bond acceptors (Lipinski definition) is 3. The van der Waals surface area contributed by atoms with E-state index in [0.717, 1.165) is 17.4 Å². The van der Waals surface area contributed by atoms with Crippen molar-refractivity contribution in [3.8, 4) is 0 Å². The van der Waals surface area contributed by atoms with E-state index in [-0.39, 0.29) is 4.88 Å². The first kappa shape index (κ1) is 13.8. The van der Waals surface area contributed by atoms with Crippen molar-refractivity contribution in [3.05, 3.63) is 21.9 Å². The highest BCUT2D eigenvalue weighted by atomic mass is 35.7. The molecule has 1 atom stereocenters. The molecule has 0 aliphatic carbocycles. The van der Waals surface area contributed by atoms with Crippen LogP contribution in [-0.4, -0.2) is 14.6 Å². The van der Waals surface area contributed by atoms with Crippen LogP contribution in [0, 0.1) is 0 Å². The lowest BCUT2D eigenvalue weighted by Crippen LogP contribution is -2.24. The maximum absolute atomic E-state index is 12.6. The predicted molar refractivity (Wildman–Crippen MR) is 57.3 cm³/mol. The van der Waals surface area contributed by atoms with Crippen molar-refractivity contribution in [1.82, 2.24) is 0 Å². The standard InChI is InChI=1S/C8H8ClF3O2S2/c1-2-5-3-4-6(15-5)7(8(10,11)12)16(9,13)14/h3-4,7H,2H2,1H3. The van der Waals surface area contributed by atoms with E-state index in [9.17, 15) is 21.6 Å². The summed E-state index contributed by atoms with van der Waals surface area (Å²) in [5.74, 6) is 0. The van der Waals surface area contributed by atoms with Crippen LogP contribution in [0.5, 0.6) is 0 Å². The molecule has 1 aromatic rings. The fourth-order valence-electron chi connectivity index (χ4n) is 1.19. The lowest BCUT2D eigenvalue weighted by Gasteiger charge is -2.15. The molecule has 1 unspecified atom stereocenters. The van der Waals surface area contributed by atoms with Gasteiger partial charge in [-0.05, 0) is 18.6 Å². The van der Waals surface area contributed by atoms with Gasteiger partial charge in [0, 0.05) is 20.4 Å². The monoisotopic (exact) mass is 292 g/mol. The average molecular weight is 293 g/mol. The summed E-state index contributed by atoms with van der Waals surface area (Å²) in [6.45, 7) is 1.77. The van der Waals surface area contributed by atoms with Crippen LogP contribution in [0.2, 0.25) is 0 Å². The zero-order valence-corrected chi connectivity index (χ0v) is 10.5. The molecule has 0 amide bonds. The maximum atomic E-state index is 12.6. The van der Waals surface area contributed by atoms with Gasteiger partial charge in [-0.15, -0.1) is 11.3 Å². The van der Waals surface area contributed by atoms with Crippen molar-refractivity contribution >= 4 is 31.1 Å². The van der Waals surface area contributed by atoms with Gasteiger partial charge >= 0.3 is 6.18 Å². The van der Waals surface area contributed by atoms with Crippen LogP contribution < -0.4 is 0 Å². The third kappa shape index (κ3) is 3.11. The van der Waals surface area contributed by atoms with Crippen molar-refractivity contribution in [1.29, 1.82) is 0 Å². The lowest BCUT2D eigenvalue weighted by molar-refractivity contribution is -0.130. The van der Waals surface area contributed by atoms with Crippen LogP contribution >= 0.6 is 22.0 Å². The highest BCUT2D eigenvalue weighted by Crippen LogP contribution is 2.43. The van der Waals surface area contributed by atoms with Crippen LogP contribution in [0.1, 0.15) is 21.9 Å². The topological polar surface area (TPSA) is 34.1 Å². The summed E-state index contributed by atoms with van der Waals surface area (Å²) in [4.78, 5) is 0.393. The van der Waals surface area contributed by atoms with Crippen LogP contribution in [0.4, 0.5) is 13.2 Å². The zero-order chi connectivity index (χ0) is 12.6. The van der Waals surface area contributed by atoms with Crippen LogP contribution in [0.3, 0.4) is 0 Å². The fraction of sp³-hybridized carbons (Fsp3) is 0.500. The summed E-state index contributed by atoms with van der Waals surface area (Å²) in [5, 5.41) is -2.63. The van der Waals surface area contributed by atoms with Gasteiger partial charge in [-0.2, -0.15) is 13.2 Å². The van der Waals surface area contributed by atoms with Crippen LogP contribution in [-0.2, 0) is 15.5 Å². The number of rotatable bonds is 3. The molecule has 0 N–H and O–H groups in total. The van der Waals surface area contributed by atoms with Gasteiger partial charge in [0.05, 0.1) is 0 Å². The van der Waals surface area contributed by atoms with E-state index >= 15 is 0 Å². The Bertz CT molecular complexity index is 464. The molecule has 16 heavy (non-hydrogen) atoms. The lowest BCUT2D eigenvalue weighted by atomic mass is 10.3. The van der Waals surface area contributed by atoms with Crippen molar-refractivity contribution in [2.24, 2.45) is 0 Å². The number of thiophene rings is 1. The molecule has 8 heteroatoms. The van der Waals surface area contributed by atoms with E-state index in [1.54, 1.807) is 6.92 Å². The molecule has 0 aliphatic heterocycles. The molecule has 92 valence electrons. The van der Waals surface area contributed by atoms with E-state index in [1.165, 1.54) is 6.07 Å². The fourth-order valence-corrected chi connectivity index (χ4v) is 4.09. The SMILES string of the molecule is CCc1ccc(C(C(F)(F)F)S(=O)(=O)Cl)s1. The summed E-state index contributed by atoms with van der Waals surface area (Å²) >= 11 is 0.811. The summed E-state index contributed by atoms with van der Waals surface area (Å²) in [6.07, 6.45) is -4.34. The van der Waals surface area contributed by atoms with Gasteiger partial charge in [-0.1, -0.05) is 6.92 Å². The number of alkyl halides is 3. The van der Waals surface area contributed by atoms with Crippen molar-refractivity contribution < 1.29 is 21.6 Å². The molecule has 0 saturated carbocycles. The first-order valence-electron chi connectivity index (χ1n) is 4.25. The smallest absolute Gasteiger partial charge is 0.211 e. The molecule has 2 nitrogen and oxygen atoms in total. The van der Waals surface area contributed by atoms with Gasteiger partial charge < -0.3 is 0 Å². The Labute approximate surface area is 99.5 Å². The molecule has 0 fully saturated rings. The van der Waals surface area contributed by atoms with Crippen molar-refractivity contribution in [3.63, 3.8) is 0 Å². The Kier molecular flexibility index (Phi) is 3.91. The third-order valence-electron chi connectivity index (χ3n) is 1.87. The largest absolute Gasteiger partial charge is 0.411 e. The molecule has 1 heterocycles. The van der Waals surface area contributed by atoms with E-state index in [2.05, 4.69) is 0 Å². The number of aryl methyl sites for hydroxylation is 1. The quantitative estimate of drug-likeness (QED) is 0.799. The van der Waals surface area contributed by atoms with Gasteiger partial charge in [-0.25, -0.2) is 8.42 Å². The minimum Gasteiger partial charge on any atom is -0.211 e. The second kappa shape index (κ2) is 4.54. The summed E-state index contributed by atoms with van der Waals surface area (Å²) in [7, 11) is 0.117. The van der Waals surface area contributed by atoms with Crippen LogP contribution in [0.15, 0.2) is 12.1 Å². The number of hydrogen-bond donors (Lipinski definition) is 0. The molecular formula is C8H8ClF3O2S2. The average Bonchev–Trinajstić information content (AvgIpc) is 2.47. The Hall–Kier alpha value is -0.270. The molecule has 0 spiro atoms. The third-order valence-corrected chi connectivity index (χ3v) is 4.93. The zero-order valence-electron chi connectivity index (χ0n) is 8.08. The summed E-state index contributed by atoms with van der Waals surface area (Å²) in [5.41, 5.74) is 0. The molecule has 0 bridgehead atoms. The van der Waals surface area contributed by atoms with Gasteiger partial charge in [0.1, 0.15) is 0 Å². The van der Waals surface area contributed by atoms with Gasteiger partial charge in [0.2, 0.25) is 14.3 Å². The second-order valence-electron chi connectivity index (χ2n) is 3.05. The van der Waals surface area contributed by atoms with E-state index < -0.39 is 20.5 Å². The van der Waals surface area contributed by atoms with Crippen molar-refractivity contribution in [2.45, 2.75) is 24.8 Å². The van der Waals surface area contributed by atoms with E-state index in [0.29, 0.717) is 11.3 Å². The minimum absolute atomic E-state index is 0.292. The molecule has 0 aliphatic rings. The second-order valence-corrected chi connectivity index (χ2v) is 6.97. The first-order valence-corrected chi connectivity index (χ1v) is 7.44. The molecule has 1 aromatic heterocycles. The molecular weight excluding hydrogens is 285 g/mol. The molecule has 0 radical (unpaired) electrons. The van der Waals surface area contributed by atoms with Crippen molar-refractivity contribution in [2.75, 3.05) is 0 Å². The molecule has 0 aromatic carbocycles. The highest BCUT2D eigenvalue weighted by molar-refractivity contribution is 8.14. The Morgan fingerprint density at radius 3 is 2.31 bits per heavy atom. The van der Waals surface area contributed by atoms with Gasteiger partial charge in [-0.3, -0.25) is 0 Å². The Morgan fingerprint density at radius 1 is 1.44 bits per heavy atom. The Balaban J connectivity index is 3.23. The van der Waals surface area contributed by atoms with E-state index in [1.807, 2.05) is 0 Å². The molecule has 0 saturated heterocycles. The van der Waals surface area contributed by atoms with Crippen LogP contribution in [0.25, 0.3) is 0 Å². The van der Waals surface area contributed by atoms with Gasteiger partial charge in [0.15, 0.2) is 0 Å². The van der Waals surface area contributed by atoms with E-state index in [4.69, 9.17) is 10.7 Å². The number of halogens is 4. The Morgan fingerprint density at radius 2 is 2.00 bits per heavy atom.